The molecule has 29 heavy (non-hydrogen) atoms. The van der Waals surface area contributed by atoms with Crippen LogP contribution in [0.1, 0.15) is 18.3 Å². The van der Waals surface area contributed by atoms with Crippen molar-refractivity contribution >= 4 is 11.2 Å². The van der Waals surface area contributed by atoms with Crippen LogP contribution in [-0.2, 0) is 13.7 Å². The normalized spacial score (nSPS) is 12.8. The van der Waals surface area contributed by atoms with Gasteiger partial charge in [0.25, 0.3) is 0 Å². The molecule has 11 heteroatoms. The monoisotopic (exact) mass is 392 g/mol. The second-order valence-corrected chi connectivity index (χ2v) is 6.19. The summed E-state index contributed by atoms with van der Waals surface area (Å²) >= 11 is 0. The molecular formula is C18H16N8O3. The Morgan fingerprint density at radius 3 is 2.79 bits per heavy atom. The van der Waals surface area contributed by atoms with E-state index in [-0.39, 0.29) is 6.61 Å². The molecule has 0 aliphatic heterocycles. The highest BCUT2D eigenvalue weighted by atomic mass is 16.6. The van der Waals surface area contributed by atoms with Gasteiger partial charge in [0, 0.05) is 12.6 Å². The number of aromatic nitrogens is 8. The summed E-state index contributed by atoms with van der Waals surface area (Å²) < 4.78 is 19.7. The number of nitrogens with zero attached hydrogens (tertiary/aromatic N) is 8. The van der Waals surface area contributed by atoms with Crippen LogP contribution in [0.25, 0.3) is 22.7 Å². The van der Waals surface area contributed by atoms with Gasteiger partial charge in [-0.3, -0.25) is 4.68 Å². The average Bonchev–Trinajstić information content (AvgIpc) is 3.38. The summed E-state index contributed by atoms with van der Waals surface area (Å²) in [7, 11) is 1.80. The molecule has 1 aliphatic rings. The van der Waals surface area contributed by atoms with Crippen LogP contribution < -0.4 is 9.47 Å². The van der Waals surface area contributed by atoms with E-state index in [1.54, 1.807) is 22.3 Å². The highest BCUT2D eigenvalue weighted by Gasteiger charge is 2.20. The minimum absolute atomic E-state index is 0.217. The standard InChI is InChI=1S/C18H16N8O3/c1-3-27-16-8-13(24-29-16)17-22-21-14-7-12(11-5-4-6-11)18(23-26(14)17)28-9-15-19-10-20-25(15)2/h4-8,10H,3,9H2,1-2H3. The lowest BCUT2D eigenvalue weighted by Crippen LogP contribution is -2.09. The lowest BCUT2D eigenvalue weighted by atomic mass is 10.0. The quantitative estimate of drug-likeness (QED) is 0.464. The van der Waals surface area contributed by atoms with Gasteiger partial charge in [0.15, 0.2) is 17.2 Å². The number of allylic oxidation sites excluding steroid dienone is 4. The average molecular weight is 392 g/mol. The molecule has 4 aromatic rings. The molecule has 0 radical (unpaired) electrons. The van der Waals surface area contributed by atoms with Gasteiger partial charge < -0.3 is 14.0 Å². The van der Waals surface area contributed by atoms with E-state index in [4.69, 9.17) is 14.0 Å². The molecule has 146 valence electrons. The van der Waals surface area contributed by atoms with Crippen LogP contribution in [0.15, 0.2) is 41.2 Å². The summed E-state index contributed by atoms with van der Waals surface area (Å²) in [5.41, 5.74) is 2.83. The molecule has 0 aromatic carbocycles. The molecule has 0 saturated carbocycles. The molecule has 0 spiro atoms. The van der Waals surface area contributed by atoms with Crippen molar-refractivity contribution in [3.05, 3.63) is 48.1 Å². The fourth-order valence-corrected chi connectivity index (χ4v) is 2.82. The maximum Gasteiger partial charge on any atom is 0.311 e. The number of ether oxygens (including phenoxy) is 2. The zero-order chi connectivity index (χ0) is 19.8. The Morgan fingerprint density at radius 1 is 1.17 bits per heavy atom. The Hall–Kier alpha value is -4.02. The maximum absolute atomic E-state index is 5.98. The second-order valence-electron chi connectivity index (χ2n) is 6.19. The Morgan fingerprint density at radius 2 is 2.07 bits per heavy atom. The smallest absolute Gasteiger partial charge is 0.311 e. The number of aryl methyl sites for hydroxylation is 1. The lowest BCUT2D eigenvalue weighted by Gasteiger charge is -2.13. The van der Waals surface area contributed by atoms with Crippen molar-refractivity contribution in [2.24, 2.45) is 7.05 Å². The van der Waals surface area contributed by atoms with E-state index in [9.17, 15) is 0 Å². The van der Waals surface area contributed by atoms with Gasteiger partial charge in [0.1, 0.15) is 12.9 Å². The Kier molecular flexibility index (Phi) is 4.04. The number of hydrogen-bond donors (Lipinski definition) is 0. The molecule has 0 bridgehead atoms. The van der Waals surface area contributed by atoms with Crippen molar-refractivity contribution in [1.29, 1.82) is 0 Å². The lowest BCUT2D eigenvalue weighted by molar-refractivity contribution is 0.226. The first kappa shape index (κ1) is 17.1. The van der Waals surface area contributed by atoms with E-state index in [0.717, 1.165) is 11.1 Å². The predicted molar refractivity (Wildman–Crippen MR) is 99.9 cm³/mol. The van der Waals surface area contributed by atoms with Crippen molar-refractivity contribution in [2.75, 3.05) is 6.61 Å². The molecule has 0 unspecified atom stereocenters. The van der Waals surface area contributed by atoms with Gasteiger partial charge >= 0.3 is 5.95 Å². The third-order valence-corrected chi connectivity index (χ3v) is 4.37. The van der Waals surface area contributed by atoms with Crippen molar-refractivity contribution in [1.82, 2.24) is 39.7 Å². The zero-order valence-electron chi connectivity index (χ0n) is 15.7. The van der Waals surface area contributed by atoms with Crippen LogP contribution >= 0.6 is 0 Å². The van der Waals surface area contributed by atoms with Crippen molar-refractivity contribution < 1.29 is 14.0 Å². The molecule has 1 aliphatic carbocycles. The summed E-state index contributed by atoms with van der Waals surface area (Å²) in [6.07, 6.45) is 7.38. The first-order chi connectivity index (χ1) is 14.2. The first-order valence-electron chi connectivity index (χ1n) is 8.93. The highest BCUT2D eigenvalue weighted by molar-refractivity contribution is 5.84. The van der Waals surface area contributed by atoms with Gasteiger partial charge in [-0.1, -0.05) is 23.4 Å². The van der Waals surface area contributed by atoms with Gasteiger partial charge in [-0.15, -0.1) is 15.3 Å². The third kappa shape index (κ3) is 3.02. The maximum atomic E-state index is 5.98. The van der Waals surface area contributed by atoms with Gasteiger partial charge in [-0.05, 0) is 18.6 Å². The summed E-state index contributed by atoms with van der Waals surface area (Å²) in [5, 5.41) is 21.1. The molecule has 0 saturated heterocycles. The molecule has 4 heterocycles. The SMILES string of the molecule is CCOc1cc(-c2nnc3cc(C4=CC=C4)c(OCc4ncnn4C)nn23)no1. The fourth-order valence-electron chi connectivity index (χ4n) is 2.82. The first-order valence-corrected chi connectivity index (χ1v) is 8.93. The molecule has 0 amide bonds. The fraction of sp³-hybridized carbons (Fsp3) is 0.222. The van der Waals surface area contributed by atoms with Crippen LogP contribution in [0.2, 0.25) is 0 Å². The zero-order valence-corrected chi connectivity index (χ0v) is 15.7. The Balaban J connectivity index is 1.55. The summed E-state index contributed by atoms with van der Waals surface area (Å²) in [6.45, 7) is 2.55. The molecule has 0 N–H and O–H groups in total. The van der Waals surface area contributed by atoms with Gasteiger partial charge in [0.2, 0.25) is 11.7 Å². The third-order valence-electron chi connectivity index (χ3n) is 4.37. The van der Waals surface area contributed by atoms with Crippen LogP contribution in [0.4, 0.5) is 0 Å². The van der Waals surface area contributed by atoms with Gasteiger partial charge in [-0.25, -0.2) is 4.98 Å². The molecule has 11 nitrogen and oxygen atoms in total. The largest absolute Gasteiger partial charge is 0.468 e. The van der Waals surface area contributed by atoms with Gasteiger partial charge in [-0.2, -0.15) is 9.61 Å². The Bertz CT molecular complexity index is 1250. The van der Waals surface area contributed by atoms with E-state index in [1.807, 2.05) is 31.2 Å². The molecular weight excluding hydrogens is 376 g/mol. The van der Waals surface area contributed by atoms with Crippen LogP contribution in [0, 0.1) is 0 Å². The van der Waals surface area contributed by atoms with Crippen molar-refractivity contribution in [3.8, 4) is 23.3 Å². The minimum atomic E-state index is 0.217. The predicted octanol–water partition coefficient (Wildman–Crippen LogP) is 1.84. The van der Waals surface area contributed by atoms with E-state index < -0.39 is 0 Å². The van der Waals surface area contributed by atoms with Crippen LogP contribution in [0.5, 0.6) is 11.8 Å². The number of hydrogen-bond acceptors (Lipinski definition) is 9. The Labute approximate surface area is 164 Å². The topological polar surface area (TPSA) is 118 Å². The van der Waals surface area contributed by atoms with Crippen molar-refractivity contribution in [3.63, 3.8) is 0 Å². The van der Waals surface area contributed by atoms with Crippen LogP contribution in [-0.4, -0.2) is 46.3 Å². The minimum Gasteiger partial charge on any atom is -0.468 e. The highest BCUT2D eigenvalue weighted by Crippen LogP contribution is 2.31. The molecule has 4 aromatic heterocycles. The summed E-state index contributed by atoms with van der Waals surface area (Å²) in [4.78, 5) is 4.18. The van der Waals surface area contributed by atoms with E-state index >= 15 is 0 Å². The summed E-state index contributed by atoms with van der Waals surface area (Å²) in [6, 6.07) is 3.52. The molecule has 0 fully saturated rings. The van der Waals surface area contributed by atoms with Crippen molar-refractivity contribution in [2.45, 2.75) is 13.5 Å². The summed E-state index contributed by atoms with van der Waals surface area (Å²) in [5.74, 6) is 1.82. The second kappa shape index (κ2) is 6.86. The van der Waals surface area contributed by atoms with E-state index in [1.165, 1.54) is 6.33 Å². The van der Waals surface area contributed by atoms with Crippen LogP contribution in [0.3, 0.4) is 0 Å². The van der Waals surface area contributed by atoms with Gasteiger partial charge in [0.05, 0.1) is 12.7 Å². The number of rotatable bonds is 7. The van der Waals surface area contributed by atoms with E-state index in [0.29, 0.717) is 41.4 Å². The molecule has 5 rings (SSSR count). The number of fused-ring (bicyclic) bond motifs is 1. The van der Waals surface area contributed by atoms with E-state index in [2.05, 4.69) is 30.5 Å². The molecule has 0 atom stereocenters.